The summed E-state index contributed by atoms with van der Waals surface area (Å²) in [4.78, 5) is 14.9. The summed E-state index contributed by atoms with van der Waals surface area (Å²) in [5.74, 6) is -0.106. The minimum atomic E-state index is -0.106. The number of alkyl halides is 1. The zero-order valence-electron chi connectivity index (χ0n) is 5.71. The van der Waals surface area contributed by atoms with Gasteiger partial charge in [-0.2, -0.15) is 0 Å². The number of halogens is 1. The molecule has 1 rings (SSSR count). The molecule has 0 bridgehead atoms. The van der Waals surface area contributed by atoms with Crippen molar-refractivity contribution in [2.45, 2.75) is 0 Å². The van der Waals surface area contributed by atoms with E-state index in [1.807, 2.05) is 0 Å². The topological polar surface area (TPSA) is 42.0 Å². The third kappa shape index (κ3) is 2.59. The van der Waals surface area contributed by atoms with E-state index >= 15 is 0 Å². The van der Waals surface area contributed by atoms with Crippen LogP contribution in [0.4, 0.5) is 0 Å². The van der Waals surface area contributed by atoms with Crippen molar-refractivity contribution in [1.29, 1.82) is 0 Å². The van der Waals surface area contributed by atoms with Gasteiger partial charge in [-0.05, 0) is 0 Å². The van der Waals surface area contributed by atoms with Gasteiger partial charge in [0.1, 0.15) is 5.69 Å². The van der Waals surface area contributed by atoms with E-state index in [9.17, 15) is 4.79 Å². The molecule has 0 radical (unpaired) electrons. The van der Waals surface area contributed by atoms with E-state index < -0.39 is 0 Å². The molecule has 0 aliphatic carbocycles. The van der Waals surface area contributed by atoms with Crippen molar-refractivity contribution in [3.63, 3.8) is 0 Å². The Labute approximate surface area is 77.0 Å². The number of nitrogens with zero attached hydrogens (tertiary/aromatic N) is 1. The molecule has 1 aromatic rings. The molecule has 0 aliphatic heterocycles. The van der Waals surface area contributed by atoms with E-state index in [1.54, 1.807) is 10.9 Å². The summed E-state index contributed by atoms with van der Waals surface area (Å²) in [5, 5.41) is 5.19. The monoisotopic (exact) mass is 234 g/mol. The van der Waals surface area contributed by atoms with Crippen molar-refractivity contribution < 1.29 is 4.79 Å². The Balaban J connectivity index is 2.43. The average molecular weight is 235 g/mol. The molecule has 1 heterocycles. The van der Waals surface area contributed by atoms with Gasteiger partial charge in [0.15, 0.2) is 0 Å². The fourth-order valence-corrected chi connectivity index (χ4v) is 1.31. The molecule has 0 fully saturated rings. The van der Waals surface area contributed by atoms with Crippen LogP contribution in [0.25, 0.3) is 0 Å². The Morgan fingerprint density at radius 2 is 2.64 bits per heavy atom. The molecule has 0 saturated heterocycles. The highest BCUT2D eigenvalue weighted by molar-refractivity contribution is 9.09. The molecular weight excluding hydrogens is 228 g/mol. The van der Waals surface area contributed by atoms with E-state index in [4.69, 9.17) is 0 Å². The van der Waals surface area contributed by atoms with Crippen molar-refractivity contribution in [1.82, 2.24) is 10.3 Å². The van der Waals surface area contributed by atoms with Crippen molar-refractivity contribution in [2.24, 2.45) is 0 Å². The second-order valence-corrected chi connectivity index (χ2v) is 3.33. The molecular formula is C6H7BrN2OS. The Kier molecular flexibility index (Phi) is 3.51. The molecule has 1 aromatic heterocycles. The highest BCUT2D eigenvalue weighted by Gasteiger charge is 2.04. The van der Waals surface area contributed by atoms with Gasteiger partial charge in [-0.25, -0.2) is 4.98 Å². The summed E-state index contributed by atoms with van der Waals surface area (Å²) < 4.78 is 0. The first-order valence-corrected chi connectivity index (χ1v) is 5.13. The molecule has 60 valence electrons. The standard InChI is InChI=1S/C6H7BrN2OS/c7-1-2-8-6(10)5-3-11-4-9-5/h3-4H,1-2H2,(H,8,10). The molecule has 0 saturated carbocycles. The lowest BCUT2D eigenvalue weighted by Gasteiger charge is -1.97. The number of hydrogen-bond acceptors (Lipinski definition) is 3. The molecule has 0 aliphatic rings. The fraction of sp³-hybridized carbons (Fsp3) is 0.333. The predicted molar refractivity (Wildman–Crippen MR) is 48.2 cm³/mol. The molecule has 1 amide bonds. The van der Waals surface area contributed by atoms with Crippen LogP contribution in [0.15, 0.2) is 10.9 Å². The van der Waals surface area contributed by atoms with Gasteiger partial charge in [0.05, 0.1) is 5.51 Å². The van der Waals surface area contributed by atoms with Gasteiger partial charge in [-0.3, -0.25) is 4.79 Å². The van der Waals surface area contributed by atoms with Crippen LogP contribution >= 0.6 is 27.3 Å². The molecule has 3 nitrogen and oxygen atoms in total. The van der Waals surface area contributed by atoms with Crippen molar-refractivity contribution in [3.8, 4) is 0 Å². The number of nitrogens with one attached hydrogen (secondary N) is 1. The Morgan fingerprint density at radius 3 is 3.18 bits per heavy atom. The van der Waals surface area contributed by atoms with Crippen LogP contribution in [0.5, 0.6) is 0 Å². The smallest absolute Gasteiger partial charge is 0.270 e. The largest absolute Gasteiger partial charge is 0.350 e. The second kappa shape index (κ2) is 4.46. The van der Waals surface area contributed by atoms with E-state index in [0.29, 0.717) is 12.2 Å². The van der Waals surface area contributed by atoms with E-state index in [2.05, 4.69) is 26.2 Å². The third-order valence-corrected chi connectivity index (χ3v) is 2.03. The summed E-state index contributed by atoms with van der Waals surface area (Å²) in [6.45, 7) is 0.635. The zero-order valence-corrected chi connectivity index (χ0v) is 8.11. The Bertz CT molecular complexity index is 224. The number of carbonyl (C=O) groups is 1. The van der Waals surface area contributed by atoms with Gasteiger partial charge >= 0.3 is 0 Å². The maximum Gasteiger partial charge on any atom is 0.270 e. The highest BCUT2D eigenvalue weighted by Crippen LogP contribution is 1.99. The summed E-state index contributed by atoms with van der Waals surface area (Å²) in [6, 6.07) is 0. The van der Waals surface area contributed by atoms with Crippen LogP contribution in [0.3, 0.4) is 0 Å². The Morgan fingerprint density at radius 1 is 1.82 bits per heavy atom. The van der Waals surface area contributed by atoms with Gasteiger partial charge < -0.3 is 5.32 Å². The molecule has 0 spiro atoms. The molecule has 11 heavy (non-hydrogen) atoms. The first-order chi connectivity index (χ1) is 5.34. The summed E-state index contributed by atoms with van der Waals surface area (Å²) >= 11 is 4.63. The molecule has 0 unspecified atom stereocenters. The Hall–Kier alpha value is -0.420. The number of thiazole rings is 1. The normalized spacial score (nSPS) is 9.55. The highest BCUT2D eigenvalue weighted by atomic mass is 79.9. The minimum Gasteiger partial charge on any atom is -0.350 e. The average Bonchev–Trinajstić information content (AvgIpc) is 2.52. The summed E-state index contributed by atoms with van der Waals surface area (Å²) in [6.07, 6.45) is 0. The van der Waals surface area contributed by atoms with Gasteiger partial charge in [-0.15, -0.1) is 11.3 Å². The van der Waals surface area contributed by atoms with Crippen molar-refractivity contribution in [3.05, 3.63) is 16.6 Å². The van der Waals surface area contributed by atoms with E-state index in [0.717, 1.165) is 5.33 Å². The van der Waals surface area contributed by atoms with Gasteiger partial charge in [0, 0.05) is 17.3 Å². The molecule has 5 heteroatoms. The first-order valence-electron chi connectivity index (χ1n) is 3.07. The van der Waals surface area contributed by atoms with Crippen LogP contribution in [0.2, 0.25) is 0 Å². The van der Waals surface area contributed by atoms with Crippen LogP contribution in [0, 0.1) is 0 Å². The second-order valence-electron chi connectivity index (χ2n) is 1.82. The third-order valence-electron chi connectivity index (χ3n) is 1.05. The first kappa shape index (κ1) is 8.67. The van der Waals surface area contributed by atoms with Crippen LogP contribution in [-0.2, 0) is 0 Å². The van der Waals surface area contributed by atoms with Crippen LogP contribution in [0.1, 0.15) is 10.5 Å². The lowest BCUT2D eigenvalue weighted by Crippen LogP contribution is -2.25. The quantitative estimate of drug-likeness (QED) is 0.801. The maximum absolute atomic E-state index is 11.1. The number of amides is 1. The number of rotatable bonds is 3. The summed E-state index contributed by atoms with van der Waals surface area (Å²) in [5.41, 5.74) is 2.14. The van der Waals surface area contributed by atoms with E-state index in [-0.39, 0.29) is 5.91 Å². The van der Waals surface area contributed by atoms with Crippen molar-refractivity contribution >= 4 is 33.2 Å². The number of hydrogen-bond donors (Lipinski definition) is 1. The van der Waals surface area contributed by atoms with Gasteiger partial charge in [0.25, 0.3) is 5.91 Å². The van der Waals surface area contributed by atoms with E-state index in [1.165, 1.54) is 11.3 Å². The zero-order chi connectivity index (χ0) is 8.10. The maximum atomic E-state index is 11.1. The van der Waals surface area contributed by atoms with Crippen LogP contribution < -0.4 is 5.32 Å². The number of carbonyl (C=O) groups excluding carboxylic acids is 1. The molecule has 1 N–H and O–H groups in total. The summed E-state index contributed by atoms with van der Waals surface area (Å²) in [7, 11) is 0. The minimum absolute atomic E-state index is 0.106. The van der Waals surface area contributed by atoms with Gasteiger partial charge in [0.2, 0.25) is 0 Å². The molecule has 0 aromatic carbocycles. The fourth-order valence-electron chi connectivity index (χ4n) is 0.576. The van der Waals surface area contributed by atoms with Gasteiger partial charge in [-0.1, -0.05) is 15.9 Å². The lowest BCUT2D eigenvalue weighted by atomic mass is 10.4. The number of aromatic nitrogens is 1. The predicted octanol–water partition coefficient (Wildman–Crippen LogP) is 1.27. The van der Waals surface area contributed by atoms with Crippen molar-refractivity contribution in [2.75, 3.05) is 11.9 Å². The SMILES string of the molecule is O=C(NCCBr)c1cscn1. The molecule has 0 atom stereocenters. The van der Waals surface area contributed by atoms with Crippen LogP contribution in [-0.4, -0.2) is 22.8 Å². The lowest BCUT2D eigenvalue weighted by molar-refractivity contribution is 0.0952.